The van der Waals surface area contributed by atoms with Crippen LogP contribution in [-0.2, 0) is 16.0 Å². The van der Waals surface area contributed by atoms with Crippen molar-refractivity contribution in [3.05, 3.63) is 35.3 Å². The largest absolute Gasteiger partial charge is 0.469 e. The summed E-state index contributed by atoms with van der Waals surface area (Å²) in [4.78, 5) is 18.5. The van der Waals surface area contributed by atoms with Crippen molar-refractivity contribution in [3.8, 4) is 0 Å². The zero-order valence-corrected chi connectivity index (χ0v) is 13.7. The molecule has 7 heteroatoms. The Labute approximate surface area is 135 Å². The Bertz CT molecular complexity index is 678. The number of carbonyl (C=O) groups excluding carboxylic acids is 1. The van der Waals surface area contributed by atoms with E-state index in [0.29, 0.717) is 13.2 Å². The van der Waals surface area contributed by atoms with Gasteiger partial charge in [0.05, 0.1) is 24.7 Å². The second-order valence-corrected chi connectivity index (χ2v) is 6.06. The minimum atomic E-state index is -0.0724. The highest BCUT2D eigenvalue weighted by Crippen LogP contribution is 2.29. The number of nitrogens with zero attached hydrogens (tertiary/aromatic N) is 3. The number of aromatic nitrogens is 3. The molecule has 1 aliphatic rings. The predicted octanol–water partition coefficient (Wildman–Crippen LogP) is 1.59. The van der Waals surface area contributed by atoms with Crippen LogP contribution in [0.15, 0.2) is 16.7 Å². The number of hydrogen-bond donors (Lipinski definition) is 1. The maximum atomic E-state index is 12.4. The fourth-order valence-electron chi connectivity index (χ4n) is 2.88. The first-order valence-electron chi connectivity index (χ1n) is 7.82. The van der Waals surface area contributed by atoms with Crippen LogP contribution >= 0.6 is 0 Å². The SMILES string of the molecule is Cc1nc([C@@H]2CCO[C@@H]2CN(C)C(=O)Cc2occc2C)n[nH]1. The number of ether oxygens (including phenoxy) is 1. The number of aryl methyl sites for hydroxylation is 2. The molecule has 1 N–H and O–H groups in total. The first-order valence-corrected chi connectivity index (χ1v) is 7.82. The van der Waals surface area contributed by atoms with Crippen molar-refractivity contribution < 1.29 is 13.9 Å². The average Bonchev–Trinajstić information content (AvgIpc) is 3.22. The Kier molecular flexibility index (Phi) is 4.47. The number of nitrogens with one attached hydrogen (secondary N) is 1. The molecule has 0 radical (unpaired) electrons. The topological polar surface area (TPSA) is 84.2 Å². The van der Waals surface area contributed by atoms with Crippen molar-refractivity contribution in [2.75, 3.05) is 20.2 Å². The summed E-state index contributed by atoms with van der Waals surface area (Å²) in [5.41, 5.74) is 0.998. The predicted molar refractivity (Wildman–Crippen MR) is 83.0 cm³/mol. The summed E-state index contributed by atoms with van der Waals surface area (Å²) in [6, 6.07) is 1.87. The Morgan fingerprint density at radius 2 is 2.30 bits per heavy atom. The first kappa shape index (κ1) is 15.7. The number of hydrogen-bond acceptors (Lipinski definition) is 5. The number of likely N-dealkylation sites (N-methyl/N-ethyl adjacent to an activating group) is 1. The number of carbonyl (C=O) groups is 1. The molecule has 1 amide bonds. The molecule has 0 bridgehead atoms. The number of furan rings is 1. The lowest BCUT2D eigenvalue weighted by Gasteiger charge is -2.23. The monoisotopic (exact) mass is 318 g/mol. The van der Waals surface area contributed by atoms with Gasteiger partial charge in [0.1, 0.15) is 11.6 Å². The molecule has 0 aromatic carbocycles. The van der Waals surface area contributed by atoms with E-state index in [2.05, 4.69) is 15.2 Å². The van der Waals surface area contributed by atoms with Crippen molar-refractivity contribution in [2.24, 2.45) is 0 Å². The Morgan fingerprint density at radius 1 is 1.48 bits per heavy atom. The molecule has 23 heavy (non-hydrogen) atoms. The normalized spacial score (nSPS) is 20.8. The summed E-state index contributed by atoms with van der Waals surface area (Å²) in [6.07, 6.45) is 2.68. The molecule has 1 fully saturated rings. The summed E-state index contributed by atoms with van der Waals surface area (Å²) in [7, 11) is 1.79. The number of rotatable bonds is 5. The van der Waals surface area contributed by atoms with Crippen molar-refractivity contribution in [2.45, 2.75) is 38.7 Å². The highest BCUT2D eigenvalue weighted by Gasteiger charge is 2.34. The van der Waals surface area contributed by atoms with Gasteiger partial charge in [-0.1, -0.05) is 0 Å². The molecule has 3 rings (SSSR count). The first-order chi connectivity index (χ1) is 11.0. The minimum absolute atomic E-state index is 0.0171. The fourth-order valence-corrected chi connectivity index (χ4v) is 2.88. The van der Waals surface area contributed by atoms with Gasteiger partial charge in [0, 0.05) is 20.2 Å². The average molecular weight is 318 g/mol. The molecule has 0 unspecified atom stereocenters. The van der Waals surface area contributed by atoms with Crippen LogP contribution in [0.1, 0.15) is 35.3 Å². The Hall–Kier alpha value is -2.15. The summed E-state index contributed by atoms with van der Waals surface area (Å²) < 4.78 is 11.1. The molecule has 0 saturated carbocycles. The summed E-state index contributed by atoms with van der Waals surface area (Å²) in [5, 5.41) is 7.11. The second-order valence-electron chi connectivity index (χ2n) is 6.06. The highest BCUT2D eigenvalue weighted by molar-refractivity contribution is 5.78. The van der Waals surface area contributed by atoms with Crippen LogP contribution in [0.3, 0.4) is 0 Å². The van der Waals surface area contributed by atoms with Gasteiger partial charge >= 0.3 is 0 Å². The van der Waals surface area contributed by atoms with E-state index >= 15 is 0 Å². The van der Waals surface area contributed by atoms with Gasteiger partial charge in [-0.2, -0.15) is 5.10 Å². The third-order valence-electron chi connectivity index (χ3n) is 4.32. The van der Waals surface area contributed by atoms with Gasteiger partial charge < -0.3 is 14.1 Å². The Balaban J connectivity index is 1.61. The minimum Gasteiger partial charge on any atom is -0.469 e. The van der Waals surface area contributed by atoms with Gasteiger partial charge in [-0.3, -0.25) is 9.89 Å². The van der Waals surface area contributed by atoms with Crippen LogP contribution in [0.2, 0.25) is 0 Å². The maximum absolute atomic E-state index is 12.4. The van der Waals surface area contributed by atoms with Crippen LogP contribution in [0.5, 0.6) is 0 Å². The second kappa shape index (κ2) is 6.54. The summed E-state index contributed by atoms with van der Waals surface area (Å²) >= 11 is 0. The molecule has 2 atom stereocenters. The van der Waals surface area contributed by atoms with Crippen LogP contribution in [-0.4, -0.2) is 52.3 Å². The van der Waals surface area contributed by atoms with E-state index in [0.717, 1.165) is 29.4 Å². The van der Waals surface area contributed by atoms with E-state index in [1.165, 1.54) is 0 Å². The van der Waals surface area contributed by atoms with E-state index < -0.39 is 0 Å². The molecule has 1 aliphatic heterocycles. The van der Waals surface area contributed by atoms with Crippen molar-refractivity contribution in [1.29, 1.82) is 0 Å². The van der Waals surface area contributed by atoms with Crippen LogP contribution in [0.25, 0.3) is 0 Å². The third-order valence-corrected chi connectivity index (χ3v) is 4.32. The van der Waals surface area contributed by atoms with E-state index in [-0.39, 0.29) is 24.3 Å². The number of aromatic amines is 1. The van der Waals surface area contributed by atoms with Gasteiger partial charge in [0.15, 0.2) is 5.82 Å². The van der Waals surface area contributed by atoms with Gasteiger partial charge in [-0.25, -0.2) is 4.98 Å². The van der Waals surface area contributed by atoms with Crippen LogP contribution in [0.4, 0.5) is 0 Å². The van der Waals surface area contributed by atoms with Gasteiger partial charge in [-0.15, -0.1) is 0 Å². The summed E-state index contributed by atoms with van der Waals surface area (Å²) in [6.45, 7) is 5.01. The highest BCUT2D eigenvalue weighted by atomic mass is 16.5. The van der Waals surface area contributed by atoms with Crippen LogP contribution in [0, 0.1) is 13.8 Å². The van der Waals surface area contributed by atoms with Crippen molar-refractivity contribution >= 4 is 5.91 Å². The molecule has 0 aliphatic carbocycles. The quantitative estimate of drug-likeness (QED) is 0.905. The smallest absolute Gasteiger partial charge is 0.230 e. The molecule has 2 aromatic rings. The third kappa shape index (κ3) is 3.44. The lowest BCUT2D eigenvalue weighted by molar-refractivity contribution is -0.130. The van der Waals surface area contributed by atoms with Gasteiger partial charge in [-0.05, 0) is 31.9 Å². The molecule has 0 spiro atoms. The molecule has 7 nitrogen and oxygen atoms in total. The summed E-state index contributed by atoms with van der Waals surface area (Å²) in [5.74, 6) is 2.43. The zero-order valence-electron chi connectivity index (χ0n) is 13.7. The Morgan fingerprint density at radius 3 is 2.96 bits per heavy atom. The lowest BCUT2D eigenvalue weighted by atomic mass is 10.0. The van der Waals surface area contributed by atoms with Crippen LogP contribution < -0.4 is 0 Å². The van der Waals surface area contributed by atoms with E-state index in [4.69, 9.17) is 9.15 Å². The van der Waals surface area contributed by atoms with E-state index in [1.54, 1.807) is 18.2 Å². The molecular weight excluding hydrogens is 296 g/mol. The zero-order chi connectivity index (χ0) is 16.4. The molecule has 2 aromatic heterocycles. The molecule has 124 valence electrons. The van der Waals surface area contributed by atoms with Crippen molar-refractivity contribution in [1.82, 2.24) is 20.1 Å². The van der Waals surface area contributed by atoms with E-state index in [9.17, 15) is 4.79 Å². The maximum Gasteiger partial charge on any atom is 0.230 e. The van der Waals surface area contributed by atoms with Crippen molar-refractivity contribution in [3.63, 3.8) is 0 Å². The molecule has 1 saturated heterocycles. The van der Waals surface area contributed by atoms with E-state index in [1.807, 2.05) is 19.9 Å². The van der Waals surface area contributed by atoms with Gasteiger partial charge in [0.2, 0.25) is 5.91 Å². The molecular formula is C16H22N4O3. The number of amides is 1. The standard InChI is InChI=1S/C16H22N4O3/c1-10-4-6-22-13(10)8-15(21)20(3)9-14-12(5-7-23-14)16-17-11(2)18-19-16/h4,6,12,14H,5,7-9H2,1-3H3,(H,17,18,19)/t12-,14-/m1/s1. The number of H-pyrrole nitrogens is 1. The van der Waals surface area contributed by atoms with Gasteiger partial charge in [0.25, 0.3) is 0 Å². The lowest BCUT2D eigenvalue weighted by Crippen LogP contribution is -2.37. The fraction of sp³-hybridized carbons (Fsp3) is 0.562. The molecule has 3 heterocycles.